The van der Waals surface area contributed by atoms with Crippen molar-refractivity contribution >= 4 is 5.69 Å². The molecule has 3 heteroatoms. The van der Waals surface area contributed by atoms with Gasteiger partial charge in [-0.1, -0.05) is 6.07 Å². The number of anilines is 1. The summed E-state index contributed by atoms with van der Waals surface area (Å²) in [4.78, 5) is 2.05. The molecule has 1 aromatic carbocycles. The van der Waals surface area contributed by atoms with Crippen molar-refractivity contribution in [1.82, 2.24) is 0 Å². The Morgan fingerprint density at radius 2 is 2.23 bits per heavy atom. The van der Waals surface area contributed by atoms with Crippen molar-refractivity contribution in [2.75, 3.05) is 25.6 Å². The van der Waals surface area contributed by atoms with Gasteiger partial charge in [-0.05, 0) is 6.07 Å². The lowest BCUT2D eigenvalue weighted by Crippen LogP contribution is -2.11. The normalized spacial score (nSPS) is 19.5. The number of ether oxygens (including phenoxy) is 1. The summed E-state index contributed by atoms with van der Waals surface area (Å²) in [7, 11) is 4.02. The summed E-state index contributed by atoms with van der Waals surface area (Å²) < 4.78 is 5.45. The Balaban J connectivity index is 2.40. The van der Waals surface area contributed by atoms with Crippen LogP contribution in [0.2, 0.25) is 0 Å². The van der Waals surface area contributed by atoms with Gasteiger partial charge in [0.2, 0.25) is 0 Å². The van der Waals surface area contributed by atoms with Gasteiger partial charge in [0.05, 0.1) is 6.04 Å². The average molecular weight is 178 g/mol. The minimum Gasteiger partial charge on any atom is -0.491 e. The molecule has 70 valence electrons. The van der Waals surface area contributed by atoms with Gasteiger partial charge in [-0.2, -0.15) is 0 Å². The van der Waals surface area contributed by atoms with Gasteiger partial charge in [-0.25, -0.2) is 0 Å². The van der Waals surface area contributed by atoms with E-state index < -0.39 is 0 Å². The van der Waals surface area contributed by atoms with Gasteiger partial charge in [-0.3, -0.25) is 0 Å². The second-order valence-electron chi connectivity index (χ2n) is 3.53. The van der Waals surface area contributed by atoms with Gasteiger partial charge in [0.1, 0.15) is 12.4 Å². The number of benzene rings is 1. The molecule has 1 heterocycles. The molecule has 0 aliphatic carbocycles. The van der Waals surface area contributed by atoms with Crippen LogP contribution in [0.5, 0.6) is 5.75 Å². The maximum atomic E-state index is 5.83. The second-order valence-corrected chi connectivity index (χ2v) is 3.53. The van der Waals surface area contributed by atoms with E-state index in [0.717, 1.165) is 17.0 Å². The molecule has 2 rings (SSSR count). The molecule has 3 nitrogen and oxygen atoms in total. The van der Waals surface area contributed by atoms with E-state index in [2.05, 4.69) is 6.07 Å². The van der Waals surface area contributed by atoms with Gasteiger partial charge in [0.15, 0.2) is 0 Å². The van der Waals surface area contributed by atoms with Crippen molar-refractivity contribution in [2.24, 2.45) is 5.73 Å². The lowest BCUT2D eigenvalue weighted by Gasteiger charge is -2.13. The lowest BCUT2D eigenvalue weighted by atomic mass is 10.1. The highest BCUT2D eigenvalue weighted by molar-refractivity contribution is 5.54. The summed E-state index contributed by atoms with van der Waals surface area (Å²) in [6, 6.07) is 6.18. The third-order valence-electron chi connectivity index (χ3n) is 2.33. The first-order chi connectivity index (χ1) is 6.18. The lowest BCUT2D eigenvalue weighted by molar-refractivity contribution is 0.333. The first-order valence-electron chi connectivity index (χ1n) is 4.38. The van der Waals surface area contributed by atoms with Crippen LogP contribution in [-0.4, -0.2) is 20.7 Å². The molecule has 1 atom stereocenters. The van der Waals surface area contributed by atoms with Crippen LogP contribution in [0.3, 0.4) is 0 Å². The Morgan fingerprint density at radius 3 is 2.92 bits per heavy atom. The molecule has 0 bridgehead atoms. The highest BCUT2D eigenvalue weighted by Gasteiger charge is 2.20. The molecular weight excluding hydrogens is 164 g/mol. The fourth-order valence-corrected chi connectivity index (χ4v) is 1.50. The van der Waals surface area contributed by atoms with Crippen molar-refractivity contribution in [3.63, 3.8) is 0 Å². The third kappa shape index (κ3) is 1.35. The molecule has 13 heavy (non-hydrogen) atoms. The molecule has 0 aromatic heterocycles. The summed E-state index contributed by atoms with van der Waals surface area (Å²) in [5.74, 6) is 0.929. The summed E-state index contributed by atoms with van der Waals surface area (Å²) >= 11 is 0. The maximum Gasteiger partial charge on any atom is 0.126 e. The van der Waals surface area contributed by atoms with Crippen molar-refractivity contribution in [2.45, 2.75) is 6.04 Å². The van der Waals surface area contributed by atoms with Crippen LogP contribution in [0.15, 0.2) is 18.2 Å². The zero-order valence-corrected chi connectivity index (χ0v) is 7.95. The van der Waals surface area contributed by atoms with Crippen LogP contribution in [-0.2, 0) is 0 Å². The van der Waals surface area contributed by atoms with E-state index in [4.69, 9.17) is 10.5 Å². The standard InChI is InChI=1S/C10H14N2O/c1-12(2)7-3-4-8-9(11)6-13-10(8)5-7/h3-5,9H,6,11H2,1-2H3. The Labute approximate surface area is 78.1 Å². The fraction of sp³-hybridized carbons (Fsp3) is 0.400. The molecule has 0 radical (unpaired) electrons. The van der Waals surface area contributed by atoms with Crippen LogP contribution >= 0.6 is 0 Å². The van der Waals surface area contributed by atoms with Crippen molar-refractivity contribution in [3.8, 4) is 5.75 Å². The zero-order chi connectivity index (χ0) is 9.42. The van der Waals surface area contributed by atoms with Gasteiger partial charge in [-0.15, -0.1) is 0 Å². The first-order valence-corrected chi connectivity index (χ1v) is 4.38. The SMILES string of the molecule is CN(C)c1ccc2c(c1)OCC2N. The number of hydrogen-bond donors (Lipinski definition) is 1. The Kier molecular flexibility index (Phi) is 1.88. The van der Waals surface area contributed by atoms with Gasteiger partial charge in [0, 0.05) is 31.4 Å². The van der Waals surface area contributed by atoms with Gasteiger partial charge < -0.3 is 15.4 Å². The van der Waals surface area contributed by atoms with Crippen molar-refractivity contribution in [3.05, 3.63) is 23.8 Å². The highest BCUT2D eigenvalue weighted by atomic mass is 16.5. The molecule has 0 saturated carbocycles. The smallest absolute Gasteiger partial charge is 0.126 e. The summed E-state index contributed by atoms with van der Waals surface area (Å²) in [5.41, 5.74) is 8.10. The first kappa shape index (κ1) is 8.38. The highest BCUT2D eigenvalue weighted by Crippen LogP contribution is 2.33. The Bertz CT molecular complexity index is 323. The predicted octanol–water partition coefficient (Wildman–Crippen LogP) is 1.14. The molecule has 1 aliphatic heterocycles. The van der Waals surface area contributed by atoms with E-state index in [-0.39, 0.29) is 6.04 Å². The zero-order valence-electron chi connectivity index (χ0n) is 7.95. The van der Waals surface area contributed by atoms with Gasteiger partial charge >= 0.3 is 0 Å². The molecule has 1 aromatic rings. The summed E-state index contributed by atoms with van der Waals surface area (Å²) in [6.45, 7) is 0.603. The number of fused-ring (bicyclic) bond motifs is 1. The molecule has 0 spiro atoms. The van der Waals surface area contributed by atoms with E-state index in [1.54, 1.807) is 0 Å². The number of nitrogens with zero attached hydrogens (tertiary/aromatic N) is 1. The van der Waals surface area contributed by atoms with Crippen LogP contribution in [0.25, 0.3) is 0 Å². The van der Waals surface area contributed by atoms with E-state index in [0.29, 0.717) is 6.61 Å². The number of rotatable bonds is 1. The predicted molar refractivity (Wildman–Crippen MR) is 53.2 cm³/mol. The third-order valence-corrected chi connectivity index (χ3v) is 2.33. The topological polar surface area (TPSA) is 38.5 Å². The molecule has 0 saturated heterocycles. The molecular formula is C10H14N2O. The fourth-order valence-electron chi connectivity index (χ4n) is 1.50. The monoisotopic (exact) mass is 178 g/mol. The van der Waals surface area contributed by atoms with Crippen LogP contribution in [0.4, 0.5) is 5.69 Å². The Morgan fingerprint density at radius 1 is 1.46 bits per heavy atom. The van der Waals surface area contributed by atoms with E-state index in [1.165, 1.54) is 0 Å². The summed E-state index contributed by atoms with van der Waals surface area (Å²) in [6.07, 6.45) is 0. The molecule has 2 N–H and O–H groups in total. The quantitative estimate of drug-likeness (QED) is 0.701. The minimum absolute atomic E-state index is 0.0474. The van der Waals surface area contributed by atoms with Crippen molar-refractivity contribution < 1.29 is 4.74 Å². The minimum atomic E-state index is 0.0474. The van der Waals surface area contributed by atoms with Crippen LogP contribution in [0.1, 0.15) is 11.6 Å². The van der Waals surface area contributed by atoms with Crippen molar-refractivity contribution in [1.29, 1.82) is 0 Å². The second kappa shape index (κ2) is 2.92. The molecule has 1 aliphatic rings. The average Bonchev–Trinajstić information content (AvgIpc) is 2.47. The number of hydrogen-bond acceptors (Lipinski definition) is 3. The van der Waals surface area contributed by atoms with E-state index in [9.17, 15) is 0 Å². The van der Waals surface area contributed by atoms with Crippen LogP contribution < -0.4 is 15.4 Å². The van der Waals surface area contributed by atoms with Gasteiger partial charge in [0.25, 0.3) is 0 Å². The maximum absolute atomic E-state index is 5.83. The van der Waals surface area contributed by atoms with Crippen LogP contribution in [0, 0.1) is 0 Å². The molecule has 0 fully saturated rings. The molecule has 0 amide bonds. The Hall–Kier alpha value is -1.22. The summed E-state index contributed by atoms with van der Waals surface area (Å²) in [5, 5.41) is 0. The van der Waals surface area contributed by atoms with E-state index in [1.807, 2.05) is 31.1 Å². The van der Waals surface area contributed by atoms with E-state index >= 15 is 0 Å². The number of nitrogens with two attached hydrogens (primary N) is 1. The molecule has 1 unspecified atom stereocenters. The largest absolute Gasteiger partial charge is 0.491 e.